The number of fused-ring (bicyclic) bond motifs is 2. The SMILES string of the molecule is [2H]C([2H])([2H])N(C(=O)c1cn(C2CCC2)nn1)[C@@H](CC(C)(C)C)C(=O)N1C[C@]2(C[C@H]1[N+]#[C-])C(=O)Nc1ccccc12. The molecule has 5 rings (SSSR count). The Kier molecular flexibility index (Phi) is 5.18. The van der Waals surface area contributed by atoms with Gasteiger partial charge < -0.3 is 10.2 Å². The lowest BCUT2D eigenvalue weighted by Gasteiger charge is -2.34. The van der Waals surface area contributed by atoms with Crippen LogP contribution in [0, 0.1) is 12.0 Å². The molecule has 3 amide bonds. The number of nitrogens with one attached hydrogen (secondary N) is 1. The van der Waals surface area contributed by atoms with Crippen LogP contribution in [0.2, 0.25) is 0 Å². The largest absolute Gasteiger partial charge is 0.328 e. The van der Waals surface area contributed by atoms with E-state index in [1.807, 2.05) is 20.8 Å². The van der Waals surface area contributed by atoms with Gasteiger partial charge in [-0.25, -0.2) is 11.3 Å². The van der Waals surface area contributed by atoms with E-state index in [4.69, 9.17) is 10.7 Å². The number of nitrogens with zero attached hydrogens (tertiary/aromatic N) is 6. The van der Waals surface area contributed by atoms with Crippen molar-refractivity contribution in [3.05, 3.63) is 53.1 Å². The van der Waals surface area contributed by atoms with Crippen LogP contribution in [-0.2, 0) is 15.0 Å². The summed E-state index contributed by atoms with van der Waals surface area (Å²) in [5, 5.41) is 10.9. The minimum atomic E-state index is -2.98. The van der Waals surface area contributed by atoms with Gasteiger partial charge in [0.05, 0.1) is 18.7 Å². The fourth-order valence-corrected chi connectivity index (χ4v) is 5.49. The highest BCUT2D eigenvalue weighted by molar-refractivity contribution is 6.07. The van der Waals surface area contributed by atoms with E-state index >= 15 is 0 Å². The number of aromatic nitrogens is 3. The van der Waals surface area contributed by atoms with E-state index in [0.717, 1.165) is 19.3 Å². The smallest absolute Gasteiger partial charge is 0.302 e. The van der Waals surface area contributed by atoms with E-state index in [0.29, 0.717) is 16.2 Å². The second-order valence-electron chi connectivity index (χ2n) is 11.5. The van der Waals surface area contributed by atoms with Crippen molar-refractivity contribution in [3.8, 4) is 0 Å². The Morgan fingerprint density at radius 3 is 2.76 bits per heavy atom. The van der Waals surface area contributed by atoms with Gasteiger partial charge in [-0.2, -0.15) is 0 Å². The van der Waals surface area contributed by atoms with Gasteiger partial charge in [0, 0.05) is 23.3 Å². The Labute approximate surface area is 221 Å². The molecular formula is C27H33N7O3. The Balaban J connectivity index is 1.52. The molecule has 0 unspecified atom stereocenters. The van der Waals surface area contributed by atoms with Gasteiger partial charge in [-0.3, -0.25) is 24.1 Å². The Bertz CT molecular complexity index is 1390. The molecular weight excluding hydrogens is 470 g/mol. The normalized spacial score (nSPS) is 25.4. The molecule has 37 heavy (non-hydrogen) atoms. The molecule has 3 atom stereocenters. The number of rotatable bonds is 5. The fourth-order valence-electron chi connectivity index (χ4n) is 5.49. The number of hydrogen-bond donors (Lipinski definition) is 1. The van der Waals surface area contributed by atoms with Gasteiger partial charge in [-0.05, 0) is 42.7 Å². The minimum Gasteiger partial charge on any atom is -0.328 e. The van der Waals surface area contributed by atoms with Crippen LogP contribution in [0.5, 0.6) is 0 Å². The first-order chi connectivity index (χ1) is 18.7. The maximum absolute atomic E-state index is 14.3. The van der Waals surface area contributed by atoms with E-state index in [1.54, 1.807) is 28.9 Å². The van der Waals surface area contributed by atoms with Crippen molar-refractivity contribution < 1.29 is 18.5 Å². The Morgan fingerprint density at radius 2 is 2.11 bits per heavy atom. The van der Waals surface area contributed by atoms with Crippen LogP contribution < -0.4 is 5.32 Å². The molecule has 0 radical (unpaired) electrons. The number of para-hydroxylation sites is 1. The molecule has 1 spiro atoms. The number of benzene rings is 1. The van der Waals surface area contributed by atoms with E-state index in [2.05, 4.69) is 20.5 Å². The van der Waals surface area contributed by atoms with Gasteiger partial charge in [0.1, 0.15) is 11.5 Å². The van der Waals surface area contributed by atoms with Gasteiger partial charge >= 0.3 is 6.17 Å². The number of amides is 3. The number of anilines is 1. The first kappa shape index (κ1) is 21.4. The summed E-state index contributed by atoms with van der Waals surface area (Å²) in [6, 6.07) is 5.86. The van der Waals surface area contributed by atoms with Gasteiger partial charge in [0.25, 0.3) is 11.8 Å². The van der Waals surface area contributed by atoms with E-state index in [1.165, 1.54) is 11.1 Å². The van der Waals surface area contributed by atoms with Crippen molar-refractivity contribution in [3.63, 3.8) is 0 Å². The lowest BCUT2D eigenvalue weighted by Crippen LogP contribution is -2.52. The lowest BCUT2D eigenvalue weighted by atomic mass is 9.80. The molecule has 10 heteroatoms. The van der Waals surface area contributed by atoms with E-state index in [9.17, 15) is 14.4 Å². The summed E-state index contributed by atoms with van der Waals surface area (Å²) in [7, 11) is 0. The molecule has 1 aromatic heterocycles. The molecule has 3 aliphatic rings. The summed E-state index contributed by atoms with van der Waals surface area (Å²) < 4.78 is 26.4. The van der Waals surface area contributed by atoms with Crippen molar-refractivity contribution in [2.24, 2.45) is 5.41 Å². The van der Waals surface area contributed by atoms with Crippen LogP contribution >= 0.6 is 0 Å². The maximum Gasteiger partial charge on any atom is 0.302 e. The summed E-state index contributed by atoms with van der Waals surface area (Å²) >= 11 is 0. The predicted molar refractivity (Wildman–Crippen MR) is 136 cm³/mol. The van der Waals surface area contributed by atoms with Crippen molar-refractivity contribution >= 4 is 23.4 Å². The molecule has 1 saturated heterocycles. The third-order valence-corrected chi connectivity index (χ3v) is 7.69. The maximum atomic E-state index is 14.3. The molecule has 1 aliphatic carbocycles. The molecule has 3 heterocycles. The first-order valence-electron chi connectivity index (χ1n) is 14.1. The zero-order chi connectivity index (χ0) is 29.0. The van der Waals surface area contributed by atoms with Crippen LogP contribution in [-0.4, -0.2) is 68.2 Å². The summed E-state index contributed by atoms with van der Waals surface area (Å²) in [4.78, 5) is 46.9. The summed E-state index contributed by atoms with van der Waals surface area (Å²) in [5.41, 5.74) is -0.513. The topological polar surface area (TPSA) is 105 Å². The second kappa shape index (κ2) is 8.98. The predicted octanol–water partition coefficient (Wildman–Crippen LogP) is 3.25. The number of hydrogen-bond acceptors (Lipinski definition) is 5. The highest BCUT2D eigenvalue weighted by atomic mass is 16.2. The molecule has 194 valence electrons. The van der Waals surface area contributed by atoms with Crippen LogP contribution in [0.25, 0.3) is 4.85 Å². The second-order valence-corrected chi connectivity index (χ2v) is 11.5. The fraction of sp³-hybridized carbons (Fsp3) is 0.556. The molecule has 1 N–H and O–H groups in total. The summed E-state index contributed by atoms with van der Waals surface area (Å²) in [5.74, 6) is -1.91. The molecule has 2 fully saturated rings. The number of carbonyl (C=O) groups excluding carboxylic acids is 3. The molecule has 0 bridgehead atoms. The van der Waals surface area contributed by atoms with Crippen molar-refractivity contribution in [1.29, 1.82) is 0 Å². The number of likely N-dealkylation sites (N-methyl/N-ethyl adjacent to an activating group) is 1. The highest BCUT2D eigenvalue weighted by Gasteiger charge is 2.59. The first-order valence-corrected chi connectivity index (χ1v) is 12.6. The summed E-state index contributed by atoms with van der Waals surface area (Å²) in [6.45, 7) is 10.3. The Hall–Kier alpha value is -3.74. The van der Waals surface area contributed by atoms with Crippen molar-refractivity contribution in [1.82, 2.24) is 24.8 Å². The van der Waals surface area contributed by atoms with E-state index in [-0.39, 0.29) is 37.0 Å². The monoisotopic (exact) mass is 506 g/mol. The molecule has 2 aliphatic heterocycles. The Morgan fingerprint density at radius 1 is 1.35 bits per heavy atom. The third-order valence-electron chi connectivity index (χ3n) is 7.69. The standard InChI is InChI=1S/C27H33N7O3/c1-26(2,3)13-21(32(5)23(35)20-15-34(31-30-20)17-9-8-10-17)24(36)33-16-27(14-22(33)28-4)18-11-6-7-12-19(18)29-25(27)37/h6-7,11-12,15,17,21-22H,8-10,13-14,16H2,1-3,5H3,(H,29,37)/t21-,22-,27-/m0/s1/i5D3. The zero-order valence-corrected chi connectivity index (χ0v) is 21.3. The van der Waals surface area contributed by atoms with Gasteiger partial charge in [-0.15, -0.1) is 5.10 Å². The summed E-state index contributed by atoms with van der Waals surface area (Å²) in [6.07, 6.45) is 3.37. The number of carbonyl (C=O) groups is 3. The lowest BCUT2D eigenvalue weighted by molar-refractivity contribution is -0.137. The quantitative estimate of drug-likeness (QED) is 0.627. The molecule has 1 saturated carbocycles. The van der Waals surface area contributed by atoms with Crippen LogP contribution in [0.3, 0.4) is 0 Å². The number of likely N-dealkylation sites (tertiary alicyclic amines) is 1. The third kappa shape index (κ3) is 4.26. The van der Waals surface area contributed by atoms with Gasteiger partial charge in [0.2, 0.25) is 5.91 Å². The van der Waals surface area contributed by atoms with Crippen LogP contribution in [0.15, 0.2) is 30.5 Å². The van der Waals surface area contributed by atoms with Crippen LogP contribution in [0.1, 0.15) is 79.1 Å². The molecule has 2 aromatic rings. The average molecular weight is 507 g/mol. The van der Waals surface area contributed by atoms with Gasteiger partial charge in [-0.1, -0.05) is 44.2 Å². The van der Waals surface area contributed by atoms with Crippen molar-refractivity contribution in [2.45, 2.75) is 76.5 Å². The van der Waals surface area contributed by atoms with Crippen LogP contribution in [0.4, 0.5) is 5.69 Å². The van der Waals surface area contributed by atoms with Crippen molar-refractivity contribution in [2.75, 3.05) is 18.8 Å². The zero-order valence-electron chi connectivity index (χ0n) is 24.3. The minimum absolute atomic E-state index is 0.0176. The van der Waals surface area contributed by atoms with E-state index < -0.39 is 41.8 Å². The molecule has 10 nitrogen and oxygen atoms in total. The highest BCUT2D eigenvalue weighted by Crippen LogP contribution is 2.47. The average Bonchev–Trinajstić information content (AvgIpc) is 3.53. The van der Waals surface area contributed by atoms with Gasteiger partial charge in [0.15, 0.2) is 5.69 Å². The molecule has 1 aromatic carbocycles.